The van der Waals surface area contributed by atoms with Gasteiger partial charge in [0.15, 0.2) is 0 Å². The second-order valence-electron chi connectivity index (χ2n) is 3.52. The summed E-state index contributed by atoms with van der Waals surface area (Å²) in [6.45, 7) is 3.25. The number of rotatable bonds is 4. The SMILES string of the molecule is CCn1cc(NCc2cnn(C)c2F)cn1. The van der Waals surface area contributed by atoms with Crippen molar-refractivity contribution in [2.24, 2.45) is 7.05 Å². The van der Waals surface area contributed by atoms with Gasteiger partial charge >= 0.3 is 0 Å². The third-order valence-corrected chi connectivity index (χ3v) is 2.38. The van der Waals surface area contributed by atoms with E-state index >= 15 is 0 Å². The molecule has 86 valence electrons. The fourth-order valence-corrected chi connectivity index (χ4v) is 1.41. The Morgan fingerprint density at radius 3 is 2.75 bits per heavy atom. The molecule has 2 rings (SSSR count). The molecule has 0 saturated heterocycles. The minimum Gasteiger partial charge on any atom is -0.378 e. The van der Waals surface area contributed by atoms with Gasteiger partial charge < -0.3 is 5.32 Å². The van der Waals surface area contributed by atoms with Crippen molar-refractivity contribution in [1.82, 2.24) is 19.6 Å². The number of nitrogens with one attached hydrogen (secondary N) is 1. The Labute approximate surface area is 92.9 Å². The lowest BCUT2D eigenvalue weighted by atomic mass is 10.3. The first kappa shape index (κ1) is 10.7. The van der Waals surface area contributed by atoms with E-state index in [1.165, 1.54) is 10.9 Å². The van der Waals surface area contributed by atoms with Gasteiger partial charge in [0, 0.05) is 31.9 Å². The van der Waals surface area contributed by atoms with E-state index in [0.717, 1.165) is 12.2 Å². The summed E-state index contributed by atoms with van der Waals surface area (Å²) in [5.41, 5.74) is 1.43. The van der Waals surface area contributed by atoms with E-state index in [-0.39, 0.29) is 5.95 Å². The van der Waals surface area contributed by atoms with E-state index in [9.17, 15) is 4.39 Å². The Balaban J connectivity index is 1.99. The van der Waals surface area contributed by atoms with Crippen LogP contribution in [-0.2, 0) is 20.1 Å². The number of hydrogen-bond donors (Lipinski definition) is 1. The molecule has 0 bridgehead atoms. The molecular formula is C10H14FN5. The largest absolute Gasteiger partial charge is 0.378 e. The Kier molecular flexibility index (Phi) is 2.89. The zero-order valence-corrected chi connectivity index (χ0v) is 9.31. The minimum absolute atomic E-state index is 0.310. The van der Waals surface area contributed by atoms with E-state index < -0.39 is 0 Å². The number of halogens is 1. The van der Waals surface area contributed by atoms with Crippen LogP contribution in [0.2, 0.25) is 0 Å². The van der Waals surface area contributed by atoms with Crippen LogP contribution in [0.1, 0.15) is 12.5 Å². The number of anilines is 1. The average Bonchev–Trinajstić information content (AvgIpc) is 2.86. The van der Waals surface area contributed by atoms with Crippen LogP contribution in [0.4, 0.5) is 10.1 Å². The molecule has 0 aliphatic heterocycles. The normalized spacial score (nSPS) is 10.7. The van der Waals surface area contributed by atoms with E-state index in [0.29, 0.717) is 12.1 Å². The van der Waals surface area contributed by atoms with Gasteiger partial charge in [0.05, 0.1) is 18.1 Å². The first-order chi connectivity index (χ1) is 7.70. The van der Waals surface area contributed by atoms with Gasteiger partial charge in [0.2, 0.25) is 5.95 Å². The van der Waals surface area contributed by atoms with Gasteiger partial charge in [0.25, 0.3) is 0 Å². The molecule has 0 fully saturated rings. The second-order valence-corrected chi connectivity index (χ2v) is 3.52. The molecule has 6 heteroatoms. The van der Waals surface area contributed by atoms with Crippen molar-refractivity contribution < 1.29 is 4.39 Å². The molecule has 0 aliphatic carbocycles. The van der Waals surface area contributed by atoms with Crippen molar-refractivity contribution in [3.05, 3.63) is 30.1 Å². The van der Waals surface area contributed by atoms with Crippen LogP contribution >= 0.6 is 0 Å². The summed E-state index contributed by atoms with van der Waals surface area (Å²) in [6.07, 6.45) is 5.12. The summed E-state index contributed by atoms with van der Waals surface area (Å²) in [4.78, 5) is 0. The van der Waals surface area contributed by atoms with E-state index in [2.05, 4.69) is 15.5 Å². The third-order valence-electron chi connectivity index (χ3n) is 2.38. The van der Waals surface area contributed by atoms with Crippen LogP contribution in [0.15, 0.2) is 18.6 Å². The van der Waals surface area contributed by atoms with E-state index in [4.69, 9.17) is 0 Å². The maximum atomic E-state index is 13.4. The van der Waals surface area contributed by atoms with Crippen molar-refractivity contribution in [2.45, 2.75) is 20.0 Å². The Morgan fingerprint density at radius 1 is 1.38 bits per heavy atom. The minimum atomic E-state index is -0.310. The van der Waals surface area contributed by atoms with Crippen LogP contribution in [-0.4, -0.2) is 19.6 Å². The summed E-state index contributed by atoms with van der Waals surface area (Å²) in [5, 5.41) is 11.0. The Bertz CT molecular complexity index is 473. The van der Waals surface area contributed by atoms with Crippen molar-refractivity contribution in [3.63, 3.8) is 0 Å². The molecule has 2 aromatic rings. The Morgan fingerprint density at radius 2 is 2.19 bits per heavy atom. The number of nitrogens with zero attached hydrogens (tertiary/aromatic N) is 4. The van der Waals surface area contributed by atoms with Crippen molar-refractivity contribution >= 4 is 5.69 Å². The predicted molar refractivity (Wildman–Crippen MR) is 58.4 cm³/mol. The molecule has 0 spiro atoms. The average molecular weight is 223 g/mol. The molecule has 16 heavy (non-hydrogen) atoms. The summed E-state index contributed by atoms with van der Waals surface area (Å²) in [6, 6.07) is 0. The lowest BCUT2D eigenvalue weighted by molar-refractivity contribution is 0.496. The monoisotopic (exact) mass is 223 g/mol. The number of aryl methyl sites for hydroxylation is 2. The zero-order chi connectivity index (χ0) is 11.5. The molecule has 2 aromatic heterocycles. The first-order valence-electron chi connectivity index (χ1n) is 5.13. The fourth-order valence-electron chi connectivity index (χ4n) is 1.41. The van der Waals surface area contributed by atoms with Gasteiger partial charge in [0.1, 0.15) is 0 Å². The fraction of sp³-hybridized carbons (Fsp3) is 0.400. The highest BCUT2D eigenvalue weighted by Gasteiger charge is 2.07. The number of aromatic nitrogens is 4. The highest BCUT2D eigenvalue weighted by molar-refractivity contribution is 5.38. The summed E-state index contributed by atoms with van der Waals surface area (Å²) in [5.74, 6) is -0.310. The molecule has 2 heterocycles. The third kappa shape index (κ3) is 2.05. The molecule has 1 N–H and O–H groups in total. The molecule has 0 saturated carbocycles. The van der Waals surface area contributed by atoms with Crippen LogP contribution in [0.5, 0.6) is 0 Å². The van der Waals surface area contributed by atoms with Gasteiger partial charge in [-0.25, -0.2) is 4.68 Å². The molecule has 0 aromatic carbocycles. The topological polar surface area (TPSA) is 47.7 Å². The van der Waals surface area contributed by atoms with Crippen LogP contribution < -0.4 is 5.32 Å². The van der Waals surface area contributed by atoms with Crippen molar-refractivity contribution in [2.75, 3.05) is 5.32 Å². The highest BCUT2D eigenvalue weighted by Crippen LogP contribution is 2.10. The standard InChI is InChI=1S/C10H14FN5/c1-3-16-7-9(6-14-16)12-4-8-5-13-15(2)10(8)11/h5-7,12H,3-4H2,1-2H3. The zero-order valence-electron chi connectivity index (χ0n) is 9.31. The van der Waals surface area contributed by atoms with Crippen molar-refractivity contribution in [3.8, 4) is 0 Å². The molecule has 0 aliphatic rings. The Hall–Kier alpha value is -1.85. The summed E-state index contributed by atoms with van der Waals surface area (Å²) in [7, 11) is 1.58. The highest BCUT2D eigenvalue weighted by atomic mass is 19.1. The van der Waals surface area contributed by atoms with Gasteiger partial charge in [-0.15, -0.1) is 0 Å². The lowest BCUT2D eigenvalue weighted by Gasteiger charge is -2.00. The van der Waals surface area contributed by atoms with Crippen LogP contribution in [0.25, 0.3) is 0 Å². The number of hydrogen-bond acceptors (Lipinski definition) is 3. The predicted octanol–water partition coefficient (Wildman–Crippen LogP) is 1.39. The van der Waals surface area contributed by atoms with Gasteiger partial charge in [-0.3, -0.25) is 4.68 Å². The molecule has 0 radical (unpaired) electrons. The molecular weight excluding hydrogens is 209 g/mol. The molecule has 5 nitrogen and oxygen atoms in total. The summed E-state index contributed by atoms with van der Waals surface area (Å²) >= 11 is 0. The quantitative estimate of drug-likeness (QED) is 0.852. The van der Waals surface area contributed by atoms with E-state index in [1.54, 1.807) is 13.2 Å². The van der Waals surface area contributed by atoms with Gasteiger partial charge in [-0.05, 0) is 6.92 Å². The van der Waals surface area contributed by atoms with Gasteiger partial charge in [-0.1, -0.05) is 0 Å². The van der Waals surface area contributed by atoms with Crippen molar-refractivity contribution in [1.29, 1.82) is 0 Å². The smallest absolute Gasteiger partial charge is 0.216 e. The first-order valence-corrected chi connectivity index (χ1v) is 5.13. The maximum Gasteiger partial charge on any atom is 0.216 e. The molecule has 0 amide bonds. The second kappa shape index (κ2) is 4.34. The van der Waals surface area contributed by atoms with E-state index in [1.807, 2.05) is 17.8 Å². The maximum absolute atomic E-state index is 13.4. The summed E-state index contributed by atoms with van der Waals surface area (Å²) < 4.78 is 16.4. The van der Waals surface area contributed by atoms with Gasteiger partial charge in [-0.2, -0.15) is 14.6 Å². The lowest BCUT2D eigenvalue weighted by Crippen LogP contribution is -2.01. The van der Waals surface area contributed by atoms with Crippen LogP contribution in [0.3, 0.4) is 0 Å². The molecule has 0 atom stereocenters. The molecule has 0 unspecified atom stereocenters. The van der Waals surface area contributed by atoms with Crippen LogP contribution in [0, 0.1) is 5.95 Å².